The molecule has 1 heterocycles. The van der Waals surface area contributed by atoms with Crippen LogP contribution in [0.15, 0.2) is 36.7 Å². The topological polar surface area (TPSA) is 79.3 Å². The molecule has 0 radical (unpaired) electrons. The third-order valence-corrected chi connectivity index (χ3v) is 3.88. The van der Waals surface area contributed by atoms with Crippen LogP contribution in [0.5, 0.6) is 0 Å². The van der Waals surface area contributed by atoms with Crippen molar-refractivity contribution >= 4 is 11.9 Å². The number of amides is 3. The van der Waals surface area contributed by atoms with Crippen molar-refractivity contribution in [2.75, 3.05) is 14.1 Å². The molecule has 0 saturated carbocycles. The van der Waals surface area contributed by atoms with Crippen LogP contribution in [0.25, 0.3) is 0 Å². The van der Waals surface area contributed by atoms with Crippen molar-refractivity contribution in [3.05, 3.63) is 53.6 Å². The molecular formula is C18H25N5O2. The van der Waals surface area contributed by atoms with Gasteiger partial charge in [-0.15, -0.1) is 0 Å². The molecule has 0 aliphatic rings. The van der Waals surface area contributed by atoms with E-state index < -0.39 is 6.04 Å². The smallest absolute Gasteiger partial charge is 0.315 e. The number of benzene rings is 1. The lowest BCUT2D eigenvalue weighted by atomic mass is 10.1. The van der Waals surface area contributed by atoms with Crippen molar-refractivity contribution in [1.82, 2.24) is 25.1 Å². The number of rotatable bonds is 6. The number of urea groups is 1. The van der Waals surface area contributed by atoms with Gasteiger partial charge in [-0.05, 0) is 25.0 Å². The van der Waals surface area contributed by atoms with Gasteiger partial charge in [0, 0.05) is 39.6 Å². The monoisotopic (exact) mass is 343 g/mol. The summed E-state index contributed by atoms with van der Waals surface area (Å²) in [5, 5.41) is 5.42. The van der Waals surface area contributed by atoms with E-state index in [4.69, 9.17) is 0 Å². The standard InChI is InChI=1S/C18H25N5O2/c1-13(17(24)22(3)4)21-18(25)20-11-15-6-5-7-16(10-15)12-23-9-8-19-14(23)2/h5-10,13H,11-12H2,1-4H3,(H2,20,21,25)/t13-/m0/s1. The lowest BCUT2D eigenvalue weighted by Gasteiger charge is -2.18. The first-order valence-electron chi connectivity index (χ1n) is 8.18. The van der Waals surface area contributed by atoms with Crippen molar-refractivity contribution < 1.29 is 9.59 Å². The third kappa shape index (κ3) is 5.34. The quantitative estimate of drug-likeness (QED) is 0.834. The number of carbonyl (C=O) groups is 2. The number of aryl methyl sites for hydroxylation is 1. The maximum Gasteiger partial charge on any atom is 0.315 e. The number of hydrogen-bond acceptors (Lipinski definition) is 3. The van der Waals surface area contributed by atoms with Crippen LogP contribution in [0.4, 0.5) is 4.79 Å². The van der Waals surface area contributed by atoms with E-state index in [1.165, 1.54) is 4.90 Å². The Bertz CT molecular complexity index is 739. The summed E-state index contributed by atoms with van der Waals surface area (Å²) in [5.74, 6) is 0.815. The normalized spacial score (nSPS) is 11.7. The van der Waals surface area contributed by atoms with Gasteiger partial charge >= 0.3 is 6.03 Å². The molecule has 1 aromatic heterocycles. The number of imidazole rings is 1. The van der Waals surface area contributed by atoms with Gasteiger partial charge in [-0.3, -0.25) is 4.79 Å². The Morgan fingerprint density at radius 3 is 2.64 bits per heavy atom. The zero-order chi connectivity index (χ0) is 18.4. The summed E-state index contributed by atoms with van der Waals surface area (Å²) in [5.41, 5.74) is 2.13. The predicted molar refractivity (Wildman–Crippen MR) is 96.0 cm³/mol. The fourth-order valence-electron chi connectivity index (χ4n) is 2.48. The number of aromatic nitrogens is 2. The van der Waals surface area contributed by atoms with Gasteiger partial charge in [-0.1, -0.05) is 24.3 Å². The summed E-state index contributed by atoms with van der Waals surface area (Å²) in [6, 6.07) is 7.09. The Morgan fingerprint density at radius 1 is 1.28 bits per heavy atom. The first-order valence-corrected chi connectivity index (χ1v) is 8.18. The van der Waals surface area contributed by atoms with Crippen LogP contribution in [0.2, 0.25) is 0 Å². The number of hydrogen-bond donors (Lipinski definition) is 2. The molecule has 0 saturated heterocycles. The SMILES string of the molecule is Cc1nccn1Cc1cccc(CNC(=O)N[C@@H](C)C(=O)N(C)C)c1. The second kappa shape index (κ2) is 8.32. The molecule has 0 fully saturated rings. The zero-order valence-corrected chi connectivity index (χ0v) is 15.1. The van der Waals surface area contributed by atoms with Crippen LogP contribution >= 0.6 is 0 Å². The van der Waals surface area contributed by atoms with E-state index in [9.17, 15) is 9.59 Å². The van der Waals surface area contributed by atoms with Crippen LogP contribution in [0, 0.1) is 6.92 Å². The summed E-state index contributed by atoms with van der Waals surface area (Å²) < 4.78 is 2.06. The van der Waals surface area contributed by atoms with Crippen molar-refractivity contribution in [2.24, 2.45) is 0 Å². The summed E-state index contributed by atoms with van der Waals surface area (Å²) in [6.07, 6.45) is 3.72. The Kier molecular flexibility index (Phi) is 6.16. The fraction of sp³-hybridized carbons (Fsp3) is 0.389. The van der Waals surface area contributed by atoms with Crippen LogP contribution in [0.1, 0.15) is 23.9 Å². The lowest BCUT2D eigenvalue weighted by molar-refractivity contribution is -0.130. The predicted octanol–water partition coefficient (Wildman–Crippen LogP) is 1.52. The van der Waals surface area contributed by atoms with Gasteiger partial charge in [0.1, 0.15) is 11.9 Å². The van der Waals surface area contributed by atoms with E-state index in [0.29, 0.717) is 6.54 Å². The molecule has 25 heavy (non-hydrogen) atoms. The summed E-state index contributed by atoms with van der Waals surface area (Å²) in [7, 11) is 3.32. The van der Waals surface area contributed by atoms with Gasteiger partial charge in [0.05, 0.1) is 0 Å². The fourth-order valence-corrected chi connectivity index (χ4v) is 2.48. The molecule has 0 aliphatic heterocycles. The highest BCUT2D eigenvalue weighted by molar-refractivity contribution is 5.86. The van der Waals surface area contributed by atoms with Crippen molar-refractivity contribution in [2.45, 2.75) is 33.0 Å². The first-order chi connectivity index (χ1) is 11.9. The molecule has 0 spiro atoms. The van der Waals surface area contributed by atoms with Crippen LogP contribution in [-0.2, 0) is 17.9 Å². The lowest BCUT2D eigenvalue weighted by Crippen LogP contribution is -2.47. The molecule has 2 rings (SSSR count). The highest BCUT2D eigenvalue weighted by Gasteiger charge is 2.16. The molecule has 2 aromatic rings. The molecule has 2 N–H and O–H groups in total. The molecular weight excluding hydrogens is 318 g/mol. The van der Waals surface area contributed by atoms with E-state index in [-0.39, 0.29) is 11.9 Å². The molecule has 134 valence electrons. The van der Waals surface area contributed by atoms with Crippen LogP contribution in [-0.4, -0.2) is 46.5 Å². The number of nitrogens with one attached hydrogen (secondary N) is 2. The second-order valence-corrected chi connectivity index (χ2v) is 6.20. The molecule has 7 nitrogen and oxygen atoms in total. The molecule has 3 amide bonds. The van der Waals surface area contributed by atoms with Crippen molar-refractivity contribution in [1.29, 1.82) is 0 Å². The maximum atomic E-state index is 11.9. The van der Waals surface area contributed by atoms with Gasteiger partial charge in [0.25, 0.3) is 0 Å². The zero-order valence-electron chi connectivity index (χ0n) is 15.1. The maximum absolute atomic E-state index is 11.9. The van der Waals surface area contributed by atoms with Gasteiger partial charge in [0.15, 0.2) is 0 Å². The minimum absolute atomic E-state index is 0.146. The van der Waals surface area contributed by atoms with Crippen molar-refractivity contribution in [3.63, 3.8) is 0 Å². The Hall–Kier alpha value is -2.83. The minimum Gasteiger partial charge on any atom is -0.347 e. The second-order valence-electron chi connectivity index (χ2n) is 6.20. The van der Waals surface area contributed by atoms with Crippen LogP contribution in [0.3, 0.4) is 0 Å². The van der Waals surface area contributed by atoms with Crippen molar-refractivity contribution in [3.8, 4) is 0 Å². The summed E-state index contributed by atoms with van der Waals surface area (Å²) >= 11 is 0. The minimum atomic E-state index is -0.564. The largest absolute Gasteiger partial charge is 0.347 e. The van der Waals surface area contributed by atoms with E-state index in [1.54, 1.807) is 27.2 Å². The van der Waals surface area contributed by atoms with E-state index in [0.717, 1.165) is 23.5 Å². The Balaban J connectivity index is 1.88. The summed E-state index contributed by atoms with van der Waals surface area (Å²) in [4.78, 5) is 29.4. The number of likely N-dealkylation sites (N-methyl/N-ethyl adjacent to an activating group) is 1. The molecule has 1 atom stereocenters. The van der Waals surface area contributed by atoms with Gasteiger partial charge in [0.2, 0.25) is 5.91 Å². The Labute approximate surface area is 148 Å². The van der Waals surface area contributed by atoms with Gasteiger partial charge in [-0.2, -0.15) is 0 Å². The average Bonchev–Trinajstić information content (AvgIpc) is 2.97. The Morgan fingerprint density at radius 2 is 2.00 bits per heavy atom. The van der Waals surface area contributed by atoms with Crippen LogP contribution < -0.4 is 10.6 Å². The van der Waals surface area contributed by atoms with E-state index >= 15 is 0 Å². The third-order valence-electron chi connectivity index (χ3n) is 3.88. The first kappa shape index (κ1) is 18.5. The number of carbonyl (C=O) groups excluding carboxylic acids is 2. The highest BCUT2D eigenvalue weighted by atomic mass is 16.2. The molecule has 0 unspecified atom stereocenters. The average molecular weight is 343 g/mol. The molecule has 1 aromatic carbocycles. The molecule has 7 heteroatoms. The van der Waals surface area contributed by atoms with E-state index in [2.05, 4.69) is 20.2 Å². The summed E-state index contributed by atoms with van der Waals surface area (Å²) in [6.45, 7) is 4.76. The number of nitrogens with zero attached hydrogens (tertiary/aromatic N) is 3. The van der Waals surface area contributed by atoms with Gasteiger partial charge in [-0.25, -0.2) is 9.78 Å². The van der Waals surface area contributed by atoms with E-state index in [1.807, 2.05) is 37.4 Å². The molecule has 0 aliphatic carbocycles. The van der Waals surface area contributed by atoms with Gasteiger partial charge < -0.3 is 20.1 Å². The highest BCUT2D eigenvalue weighted by Crippen LogP contribution is 2.08. The molecule has 0 bridgehead atoms.